The van der Waals surface area contributed by atoms with E-state index in [1.807, 2.05) is 0 Å². The van der Waals surface area contributed by atoms with Crippen LogP contribution in [0.2, 0.25) is 0 Å². The Bertz CT molecular complexity index is 700. The van der Waals surface area contributed by atoms with Crippen molar-refractivity contribution in [2.45, 2.75) is 26.4 Å². The third kappa shape index (κ3) is 3.62. The molecule has 0 radical (unpaired) electrons. The number of methoxy groups -OCH3 is 1. The third-order valence-electron chi connectivity index (χ3n) is 2.78. The highest BCUT2D eigenvalue weighted by molar-refractivity contribution is 5.98. The second kappa shape index (κ2) is 6.15. The minimum atomic E-state index is -0.610. The number of imidazole rings is 1. The van der Waals surface area contributed by atoms with Crippen LogP contribution < -0.4 is 5.32 Å². The van der Waals surface area contributed by atoms with Crippen molar-refractivity contribution in [2.75, 3.05) is 13.8 Å². The second-order valence-corrected chi connectivity index (χ2v) is 5.74. The maximum atomic E-state index is 12.2. The molecule has 0 unspecified atom stereocenters. The predicted octanol–water partition coefficient (Wildman–Crippen LogP) is 2.15. The van der Waals surface area contributed by atoms with E-state index in [0.29, 0.717) is 16.6 Å². The lowest BCUT2D eigenvalue weighted by molar-refractivity contribution is 0.0543. The first-order chi connectivity index (χ1) is 10.3. The third-order valence-corrected chi connectivity index (χ3v) is 2.78. The van der Waals surface area contributed by atoms with Gasteiger partial charge in [-0.1, -0.05) is 0 Å². The van der Waals surface area contributed by atoms with E-state index in [1.54, 1.807) is 39.0 Å². The van der Waals surface area contributed by atoms with Crippen LogP contribution in [-0.2, 0) is 9.47 Å². The van der Waals surface area contributed by atoms with E-state index in [9.17, 15) is 9.59 Å². The lowest BCUT2D eigenvalue weighted by Gasteiger charge is -2.19. The lowest BCUT2D eigenvalue weighted by Crippen LogP contribution is -2.27. The number of hydrogen-bond donors (Lipinski definition) is 1. The number of fused-ring (bicyclic) bond motifs is 1. The van der Waals surface area contributed by atoms with Gasteiger partial charge < -0.3 is 14.8 Å². The number of ether oxygens (including phenoxy) is 2. The number of hydrogen-bond acceptors (Lipinski definition) is 5. The molecule has 1 heterocycles. The average molecular weight is 305 g/mol. The predicted molar refractivity (Wildman–Crippen MR) is 80.7 cm³/mol. The summed E-state index contributed by atoms with van der Waals surface area (Å²) in [6, 6.07) is 4.91. The summed E-state index contributed by atoms with van der Waals surface area (Å²) in [5.74, 6) is -0.291. The summed E-state index contributed by atoms with van der Waals surface area (Å²) in [4.78, 5) is 28.2. The molecule has 0 fully saturated rings. The van der Waals surface area contributed by atoms with Crippen molar-refractivity contribution in [2.24, 2.45) is 0 Å². The quantitative estimate of drug-likeness (QED) is 0.879. The molecule has 0 aliphatic carbocycles. The standard InChI is InChI=1S/C15H19N3O4/c1-15(2,3)22-14(20)18-8-16-11-6-5-10(7-12(11)18)13(19)17-9-21-4/h5-8H,9H2,1-4H3,(H,17,19). The molecule has 0 atom stereocenters. The Kier molecular flexibility index (Phi) is 4.46. The van der Waals surface area contributed by atoms with Gasteiger partial charge in [0, 0.05) is 12.7 Å². The van der Waals surface area contributed by atoms with Crippen molar-refractivity contribution < 1.29 is 19.1 Å². The molecule has 0 spiro atoms. The Balaban J connectivity index is 2.33. The first-order valence-electron chi connectivity index (χ1n) is 6.79. The monoisotopic (exact) mass is 305 g/mol. The lowest BCUT2D eigenvalue weighted by atomic mass is 10.2. The zero-order valence-electron chi connectivity index (χ0n) is 13.0. The van der Waals surface area contributed by atoms with Crippen LogP contribution in [0.5, 0.6) is 0 Å². The van der Waals surface area contributed by atoms with Gasteiger partial charge in [-0.3, -0.25) is 4.79 Å². The Morgan fingerprint density at radius 1 is 1.32 bits per heavy atom. The Hall–Kier alpha value is -2.41. The zero-order valence-corrected chi connectivity index (χ0v) is 13.0. The van der Waals surface area contributed by atoms with E-state index in [-0.39, 0.29) is 12.6 Å². The number of nitrogens with one attached hydrogen (secondary N) is 1. The summed E-state index contributed by atoms with van der Waals surface area (Å²) in [7, 11) is 1.49. The van der Waals surface area contributed by atoms with Gasteiger partial charge in [0.05, 0.1) is 11.0 Å². The summed E-state index contributed by atoms with van der Waals surface area (Å²) in [5.41, 5.74) is 0.921. The minimum absolute atomic E-state index is 0.113. The molecular weight excluding hydrogens is 286 g/mol. The highest BCUT2D eigenvalue weighted by atomic mass is 16.6. The molecule has 118 valence electrons. The molecule has 2 aromatic rings. The number of amides is 1. The van der Waals surface area contributed by atoms with Crippen molar-refractivity contribution in [3.63, 3.8) is 0 Å². The maximum Gasteiger partial charge on any atom is 0.420 e. The maximum absolute atomic E-state index is 12.2. The van der Waals surface area contributed by atoms with Gasteiger partial charge in [-0.2, -0.15) is 0 Å². The molecule has 0 aliphatic rings. The number of nitrogens with zero attached hydrogens (tertiary/aromatic N) is 2. The highest BCUT2D eigenvalue weighted by Gasteiger charge is 2.20. The van der Waals surface area contributed by atoms with Gasteiger partial charge in [0.2, 0.25) is 0 Å². The average Bonchev–Trinajstić information content (AvgIpc) is 2.85. The highest BCUT2D eigenvalue weighted by Crippen LogP contribution is 2.17. The SMILES string of the molecule is COCNC(=O)c1ccc2ncn(C(=O)OC(C)(C)C)c2c1. The molecule has 0 bridgehead atoms. The molecule has 0 saturated carbocycles. The molecule has 0 saturated heterocycles. The normalized spacial score (nSPS) is 11.5. The number of rotatable bonds is 3. The van der Waals surface area contributed by atoms with Gasteiger partial charge in [-0.05, 0) is 39.0 Å². The Morgan fingerprint density at radius 2 is 2.05 bits per heavy atom. The van der Waals surface area contributed by atoms with Crippen molar-refractivity contribution in [3.8, 4) is 0 Å². The fourth-order valence-corrected chi connectivity index (χ4v) is 1.85. The summed E-state index contributed by atoms with van der Waals surface area (Å²) < 4.78 is 11.4. The van der Waals surface area contributed by atoms with Crippen LogP contribution in [0.15, 0.2) is 24.5 Å². The van der Waals surface area contributed by atoms with Crippen LogP contribution in [0.4, 0.5) is 4.79 Å². The molecule has 1 aromatic carbocycles. The van der Waals surface area contributed by atoms with Crippen molar-refractivity contribution in [1.29, 1.82) is 0 Å². The van der Waals surface area contributed by atoms with Gasteiger partial charge in [-0.25, -0.2) is 14.3 Å². The Labute approximate surface area is 128 Å². The molecule has 0 aliphatic heterocycles. The molecule has 7 heteroatoms. The molecule has 2 rings (SSSR count). The summed E-state index contributed by atoms with van der Waals surface area (Å²) in [5, 5.41) is 2.59. The van der Waals surface area contributed by atoms with Gasteiger partial charge in [0.25, 0.3) is 5.91 Å². The van der Waals surface area contributed by atoms with Gasteiger partial charge in [0.15, 0.2) is 0 Å². The van der Waals surface area contributed by atoms with Crippen LogP contribution in [0.1, 0.15) is 31.1 Å². The van der Waals surface area contributed by atoms with Crippen LogP contribution in [-0.4, -0.2) is 41.0 Å². The smallest absolute Gasteiger partial charge is 0.420 e. The van der Waals surface area contributed by atoms with E-state index in [1.165, 1.54) is 18.0 Å². The summed E-state index contributed by atoms with van der Waals surface area (Å²) in [6.45, 7) is 5.47. The van der Waals surface area contributed by atoms with Crippen LogP contribution >= 0.6 is 0 Å². The van der Waals surface area contributed by atoms with E-state index in [4.69, 9.17) is 9.47 Å². The first-order valence-corrected chi connectivity index (χ1v) is 6.79. The molecule has 1 aromatic heterocycles. The molecule has 1 N–H and O–H groups in total. The second-order valence-electron chi connectivity index (χ2n) is 5.74. The summed E-state index contributed by atoms with van der Waals surface area (Å²) in [6.07, 6.45) is 0.847. The summed E-state index contributed by atoms with van der Waals surface area (Å²) >= 11 is 0. The molecule has 7 nitrogen and oxygen atoms in total. The molecule has 1 amide bonds. The molecule has 22 heavy (non-hydrogen) atoms. The van der Waals surface area contributed by atoms with E-state index >= 15 is 0 Å². The van der Waals surface area contributed by atoms with E-state index in [0.717, 1.165) is 0 Å². The number of carbonyl (C=O) groups excluding carboxylic acids is 2. The van der Waals surface area contributed by atoms with Gasteiger partial charge >= 0.3 is 6.09 Å². The van der Waals surface area contributed by atoms with Crippen LogP contribution in [0.3, 0.4) is 0 Å². The number of benzene rings is 1. The Morgan fingerprint density at radius 3 is 2.68 bits per heavy atom. The van der Waals surface area contributed by atoms with Crippen LogP contribution in [0.25, 0.3) is 11.0 Å². The van der Waals surface area contributed by atoms with Crippen molar-refractivity contribution in [3.05, 3.63) is 30.1 Å². The topological polar surface area (TPSA) is 82.5 Å². The molecular formula is C15H19N3O4. The van der Waals surface area contributed by atoms with Crippen molar-refractivity contribution >= 4 is 23.0 Å². The fraction of sp³-hybridized carbons (Fsp3) is 0.400. The van der Waals surface area contributed by atoms with Crippen LogP contribution in [0, 0.1) is 0 Å². The van der Waals surface area contributed by atoms with E-state index < -0.39 is 11.7 Å². The first kappa shape index (κ1) is 16.0. The van der Waals surface area contributed by atoms with E-state index in [2.05, 4.69) is 10.3 Å². The van der Waals surface area contributed by atoms with Crippen molar-refractivity contribution in [1.82, 2.24) is 14.9 Å². The number of aromatic nitrogens is 2. The fourth-order valence-electron chi connectivity index (χ4n) is 1.85. The van der Waals surface area contributed by atoms with Gasteiger partial charge in [0.1, 0.15) is 18.7 Å². The van der Waals surface area contributed by atoms with Gasteiger partial charge in [-0.15, -0.1) is 0 Å². The largest absolute Gasteiger partial charge is 0.443 e. The number of carbonyl (C=O) groups is 2. The zero-order chi connectivity index (χ0) is 16.3. The minimum Gasteiger partial charge on any atom is -0.443 e.